The highest BCUT2D eigenvalue weighted by atomic mass is 35.5. The van der Waals surface area contributed by atoms with E-state index in [1.807, 2.05) is 61.0 Å². The predicted molar refractivity (Wildman–Crippen MR) is 124 cm³/mol. The molecule has 1 atom stereocenters. The van der Waals surface area contributed by atoms with Gasteiger partial charge < -0.3 is 11.1 Å². The van der Waals surface area contributed by atoms with Crippen molar-refractivity contribution in [1.82, 2.24) is 15.1 Å². The summed E-state index contributed by atoms with van der Waals surface area (Å²) in [7, 11) is 0. The second kappa shape index (κ2) is 10.4. The van der Waals surface area contributed by atoms with Crippen LogP contribution in [-0.2, 0) is 6.54 Å². The van der Waals surface area contributed by atoms with Crippen LogP contribution in [0.5, 0.6) is 0 Å². The van der Waals surface area contributed by atoms with E-state index in [-0.39, 0.29) is 24.4 Å². The molecule has 1 unspecified atom stereocenters. The predicted octanol–water partition coefficient (Wildman–Crippen LogP) is 4.52. The Hall–Kier alpha value is -2.63. The van der Waals surface area contributed by atoms with Crippen LogP contribution in [0.2, 0.25) is 0 Å². The van der Waals surface area contributed by atoms with Crippen LogP contribution in [0.25, 0.3) is 0 Å². The van der Waals surface area contributed by atoms with Crippen LogP contribution in [0.3, 0.4) is 0 Å². The maximum atomic E-state index is 12.6. The third-order valence-electron chi connectivity index (χ3n) is 5.14. The highest BCUT2D eigenvalue weighted by molar-refractivity contribution is 5.94. The van der Waals surface area contributed by atoms with Crippen molar-refractivity contribution in [2.24, 2.45) is 5.73 Å². The third-order valence-corrected chi connectivity index (χ3v) is 5.14. The minimum Gasteiger partial charge on any atom is -0.350 e. The van der Waals surface area contributed by atoms with Crippen molar-refractivity contribution in [1.29, 1.82) is 0 Å². The first-order valence-electron chi connectivity index (χ1n) is 10.1. The Balaban J connectivity index is 0.00000320. The highest BCUT2D eigenvalue weighted by Crippen LogP contribution is 2.17. The fourth-order valence-corrected chi connectivity index (χ4v) is 3.37. The molecule has 5 nitrogen and oxygen atoms in total. The van der Waals surface area contributed by atoms with Gasteiger partial charge in [-0.1, -0.05) is 50.2 Å². The van der Waals surface area contributed by atoms with Crippen LogP contribution < -0.4 is 11.1 Å². The monoisotopic (exact) mass is 426 g/mol. The molecule has 3 aromatic rings. The molecule has 1 amide bonds. The van der Waals surface area contributed by atoms with Crippen molar-refractivity contribution in [2.75, 3.05) is 6.54 Å². The topological polar surface area (TPSA) is 72.9 Å². The SMILES string of the molecule is Cc1cc(C)n(Cc2cccc(C(=O)NCC(N)c3ccc(C(C)C)cc3)c2)n1.Cl. The van der Waals surface area contributed by atoms with Gasteiger partial charge in [0.15, 0.2) is 0 Å². The maximum absolute atomic E-state index is 12.6. The number of benzene rings is 2. The Kier molecular flexibility index (Phi) is 8.21. The number of hydrogen-bond acceptors (Lipinski definition) is 3. The Bertz CT molecular complexity index is 979. The summed E-state index contributed by atoms with van der Waals surface area (Å²) in [5.41, 5.74) is 12.3. The van der Waals surface area contributed by atoms with E-state index in [1.54, 1.807) is 0 Å². The first kappa shape index (κ1) is 23.6. The number of rotatable bonds is 7. The largest absolute Gasteiger partial charge is 0.350 e. The van der Waals surface area contributed by atoms with Gasteiger partial charge in [0.25, 0.3) is 5.91 Å². The molecule has 0 spiro atoms. The zero-order valence-electron chi connectivity index (χ0n) is 18.1. The Morgan fingerprint density at radius 1 is 1.07 bits per heavy atom. The van der Waals surface area contributed by atoms with Crippen LogP contribution in [-0.4, -0.2) is 22.2 Å². The summed E-state index contributed by atoms with van der Waals surface area (Å²) in [5.74, 6) is 0.371. The Labute approximate surface area is 185 Å². The van der Waals surface area contributed by atoms with E-state index in [4.69, 9.17) is 5.73 Å². The van der Waals surface area contributed by atoms with E-state index in [1.165, 1.54) is 5.56 Å². The van der Waals surface area contributed by atoms with Gasteiger partial charge in [-0.2, -0.15) is 5.10 Å². The number of carbonyl (C=O) groups excluding carboxylic acids is 1. The van der Waals surface area contributed by atoms with Gasteiger partial charge >= 0.3 is 0 Å². The van der Waals surface area contributed by atoms with E-state index in [0.29, 0.717) is 24.6 Å². The van der Waals surface area contributed by atoms with Gasteiger partial charge in [0.1, 0.15) is 0 Å². The summed E-state index contributed by atoms with van der Waals surface area (Å²) >= 11 is 0. The lowest BCUT2D eigenvalue weighted by Crippen LogP contribution is -2.32. The van der Waals surface area contributed by atoms with Gasteiger partial charge in [0.05, 0.1) is 12.2 Å². The van der Waals surface area contributed by atoms with Gasteiger partial charge in [-0.3, -0.25) is 9.48 Å². The fraction of sp³-hybridized carbons (Fsp3) is 0.333. The molecule has 6 heteroatoms. The lowest BCUT2D eigenvalue weighted by molar-refractivity contribution is 0.0951. The molecule has 0 radical (unpaired) electrons. The second-order valence-corrected chi connectivity index (χ2v) is 7.92. The number of nitrogens with zero attached hydrogens (tertiary/aromatic N) is 2. The Morgan fingerprint density at radius 2 is 1.73 bits per heavy atom. The van der Waals surface area contributed by atoms with Crippen molar-refractivity contribution in [3.05, 3.63) is 88.2 Å². The molecule has 3 N–H and O–H groups in total. The minimum absolute atomic E-state index is 0. The van der Waals surface area contributed by atoms with Crippen molar-refractivity contribution in [3.63, 3.8) is 0 Å². The van der Waals surface area contributed by atoms with Crippen LogP contribution in [0.1, 0.15) is 64.2 Å². The molecule has 1 aromatic heterocycles. The van der Waals surface area contributed by atoms with Crippen LogP contribution in [0.15, 0.2) is 54.6 Å². The zero-order chi connectivity index (χ0) is 21.0. The normalized spacial score (nSPS) is 11.8. The summed E-state index contributed by atoms with van der Waals surface area (Å²) < 4.78 is 1.95. The summed E-state index contributed by atoms with van der Waals surface area (Å²) in [6.07, 6.45) is 0. The first-order chi connectivity index (χ1) is 13.8. The lowest BCUT2D eigenvalue weighted by Gasteiger charge is -2.15. The highest BCUT2D eigenvalue weighted by Gasteiger charge is 2.11. The van der Waals surface area contributed by atoms with E-state index in [2.05, 4.69) is 36.4 Å². The number of nitrogens with one attached hydrogen (secondary N) is 1. The molecule has 160 valence electrons. The number of halogens is 1. The quantitative estimate of drug-likeness (QED) is 0.583. The van der Waals surface area contributed by atoms with Crippen molar-refractivity contribution >= 4 is 18.3 Å². The first-order valence-corrected chi connectivity index (χ1v) is 10.1. The molecule has 0 bridgehead atoms. The molecule has 0 saturated heterocycles. The van der Waals surface area contributed by atoms with Crippen LogP contribution in [0, 0.1) is 13.8 Å². The molecule has 2 aromatic carbocycles. The molecular formula is C24H31ClN4O. The van der Waals surface area contributed by atoms with E-state index in [9.17, 15) is 4.79 Å². The van der Waals surface area contributed by atoms with Gasteiger partial charge in [0, 0.05) is 23.8 Å². The summed E-state index contributed by atoms with van der Waals surface area (Å²) in [6, 6.07) is 17.7. The third kappa shape index (κ3) is 5.94. The number of amides is 1. The van der Waals surface area contributed by atoms with E-state index >= 15 is 0 Å². The van der Waals surface area contributed by atoms with E-state index < -0.39 is 0 Å². The second-order valence-electron chi connectivity index (χ2n) is 7.92. The number of carbonyl (C=O) groups is 1. The number of aromatic nitrogens is 2. The minimum atomic E-state index is -0.238. The van der Waals surface area contributed by atoms with Gasteiger partial charge in [0.2, 0.25) is 0 Å². The Morgan fingerprint density at radius 3 is 2.33 bits per heavy atom. The lowest BCUT2D eigenvalue weighted by atomic mass is 9.99. The number of nitrogens with two attached hydrogens (primary N) is 1. The van der Waals surface area contributed by atoms with Gasteiger partial charge in [-0.15, -0.1) is 12.4 Å². The average Bonchev–Trinajstić information content (AvgIpc) is 3.02. The fourth-order valence-electron chi connectivity index (χ4n) is 3.37. The number of aryl methyl sites for hydroxylation is 2. The summed E-state index contributed by atoms with van der Waals surface area (Å²) in [6.45, 7) is 9.37. The standard InChI is InChI=1S/C24H30N4O.ClH/c1-16(2)20-8-10-21(11-9-20)23(25)14-26-24(29)22-7-5-6-19(13-22)15-28-18(4)12-17(3)27-28;/h5-13,16,23H,14-15,25H2,1-4H3,(H,26,29);1H. The van der Waals surface area contributed by atoms with Crippen LogP contribution in [0.4, 0.5) is 0 Å². The van der Waals surface area contributed by atoms with E-state index in [0.717, 1.165) is 22.5 Å². The average molecular weight is 427 g/mol. The molecule has 3 rings (SSSR count). The summed E-state index contributed by atoms with van der Waals surface area (Å²) in [5, 5.41) is 7.44. The molecule has 0 saturated carbocycles. The number of hydrogen-bond donors (Lipinski definition) is 2. The smallest absolute Gasteiger partial charge is 0.251 e. The van der Waals surface area contributed by atoms with Crippen molar-refractivity contribution in [3.8, 4) is 0 Å². The van der Waals surface area contributed by atoms with Crippen molar-refractivity contribution < 1.29 is 4.79 Å². The molecule has 1 heterocycles. The van der Waals surface area contributed by atoms with Gasteiger partial charge in [-0.05, 0) is 54.7 Å². The molecule has 0 aliphatic rings. The van der Waals surface area contributed by atoms with Gasteiger partial charge in [-0.25, -0.2) is 0 Å². The summed E-state index contributed by atoms with van der Waals surface area (Å²) in [4.78, 5) is 12.6. The van der Waals surface area contributed by atoms with Crippen LogP contribution >= 0.6 is 12.4 Å². The maximum Gasteiger partial charge on any atom is 0.251 e. The molecular weight excluding hydrogens is 396 g/mol. The molecule has 30 heavy (non-hydrogen) atoms. The van der Waals surface area contributed by atoms with Crippen molar-refractivity contribution in [2.45, 2.75) is 46.2 Å². The molecule has 0 aliphatic heterocycles. The zero-order valence-corrected chi connectivity index (χ0v) is 18.9. The molecule has 0 fully saturated rings. The molecule has 0 aliphatic carbocycles.